The van der Waals surface area contributed by atoms with Crippen LogP contribution >= 0.6 is 0 Å². The van der Waals surface area contributed by atoms with Crippen LogP contribution in [0.5, 0.6) is 5.75 Å². The van der Waals surface area contributed by atoms with E-state index in [0.717, 1.165) is 38.2 Å². The Balaban J connectivity index is 1.51. The van der Waals surface area contributed by atoms with Crippen LogP contribution in [0, 0.1) is 16.0 Å². The molecule has 0 bridgehead atoms. The summed E-state index contributed by atoms with van der Waals surface area (Å²) in [6.45, 7) is 2.50. The molecule has 1 aliphatic heterocycles. The highest BCUT2D eigenvalue weighted by Gasteiger charge is 2.25. The van der Waals surface area contributed by atoms with Gasteiger partial charge in [0.1, 0.15) is 5.75 Å². The highest BCUT2D eigenvalue weighted by Crippen LogP contribution is 2.23. The third-order valence-corrected chi connectivity index (χ3v) is 4.82. The molecule has 0 radical (unpaired) electrons. The number of carbonyl (C=O) groups excluding carboxylic acids is 1. The van der Waals surface area contributed by atoms with Gasteiger partial charge in [0.25, 0.3) is 5.69 Å². The average Bonchev–Trinajstić information content (AvgIpc) is 2.69. The summed E-state index contributed by atoms with van der Waals surface area (Å²) in [5.74, 6) is 0.695. The Bertz CT molecular complexity index is 816. The summed E-state index contributed by atoms with van der Waals surface area (Å²) in [6, 6.07) is 14.0. The van der Waals surface area contributed by atoms with Gasteiger partial charge >= 0.3 is 0 Å². The van der Waals surface area contributed by atoms with Crippen molar-refractivity contribution in [1.82, 2.24) is 4.90 Å². The fourth-order valence-corrected chi connectivity index (χ4v) is 3.32. The van der Waals surface area contributed by atoms with Crippen LogP contribution in [0.2, 0.25) is 0 Å². The van der Waals surface area contributed by atoms with Gasteiger partial charge in [-0.2, -0.15) is 0 Å². The molecule has 1 saturated heterocycles. The summed E-state index contributed by atoms with van der Waals surface area (Å²) in [4.78, 5) is 25.2. The number of hydrogen-bond donors (Lipinski definition) is 1. The van der Waals surface area contributed by atoms with E-state index in [1.165, 1.54) is 17.7 Å². The topological polar surface area (TPSA) is 84.7 Å². The van der Waals surface area contributed by atoms with Crippen LogP contribution in [0.4, 0.5) is 11.4 Å². The maximum absolute atomic E-state index is 12.5. The third-order valence-electron chi connectivity index (χ3n) is 4.82. The molecule has 2 aromatic rings. The summed E-state index contributed by atoms with van der Waals surface area (Å²) in [6.07, 6.45) is 1.54. The lowest BCUT2D eigenvalue weighted by atomic mass is 9.95. The number of nitro benzene ring substituents is 1. The summed E-state index contributed by atoms with van der Waals surface area (Å²) in [5, 5.41) is 13.7. The first-order valence-electron chi connectivity index (χ1n) is 8.96. The van der Waals surface area contributed by atoms with E-state index in [4.69, 9.17) is 4.74 Å². The van der Waals surface area contributed by atoms with Crippen molar-refractivity contribution in [2.24, 2.45) is 5.92 Å². The van der Waals surface area contributed by atoms with Gasteiger partial charge in [0.15, 0.2) is 0 Å². The second-order valence-corrected chi connectivity index (χ2v) is 6.70. The quantitative estimate of drug-likeness (QED) is 0.623. The van der Waals surface area contributed by atoms with Crippen molar-refractivity contribution in [3.05, 3.63) is 64.2 Å². The fourth-order valence-electron chi connectivity index (χ4n) is 3.32. The number of nitrogens with one attached hydrogen (secondary N) is 1. The Morgan fingerprint density at radius 1 is 1.22 bits per heavy atom. The standard InChI is InChI=1S/C20H23N3O4/c1-27-19-7-2-4-15(12-19)14-22-10-8-16(9-11-22)20(24)21-17-5-3-6-18(13-17)23(25)26/h2-7,12-13,16H,8-11,14H2,1H3,(H,21,24). The van der Waals surface area contributed by atoms with E-state index in [9.17, 15) is 14.9 Å². The number of non-ortho nitro benzene ring substituents is 1. The zero-order chi connectivity index (χ0) is 19.2. The molecular formula is C20H23N3O4. The summed E-state index contributed by atoms with van der Waals surface area (Å²) in [5.41, 5.74) is 1.63. The number of hydrogen-bond acceptors (Lipinski definition) is 5. The molecule has 27 heavy (non-hydrogen) atoms. The minimum absolute atomic E-state index is 0.0269. The van der Waals surface area contributed by atoms with Gasteiger partial charge in [0, 0.05) is 30.3 Å². The van der Waals surface area contributed by atoms with Crippen molar-refractivity contribution in [2.45, 2.75) is 19.4 Å². The predicted molar refractivity (Wildman–Crippen MR) is 103 cm³/mol. The number of piperidine rings is 1. The number of likely N-dealkylation sites (tertiary alicyclic amines) is 1. The molecule has 0 saturated carbocycles. The maximum atomic E-state index is 12.5. The van der Waals surface area contributed by atoms with Gasteiger partial charge in [-0.15, -0.1) is 0 Å². The lowest BCUT2D eigenvalue weighted by molar-refractivity contribution is -0.384. The minimum atomic E-state index is -0.466. The Hall–Kier alpha value is -2.93. The molecule has 0 spiro atoms. The number of amides is 1. The summed E-state index contributed by atoms with van der Waals surface area (Å²) >= 11 is 0. The second-order valence-electron chi connectivity index (χ2n) is 6.70. The number of rotatable bonds is 6. The van der Waals surface area contributed by atoms with Crippen molar-refractivity contribution < 1.29 is 14.5 Å². The Morgan fingerprint density at radius 2 is 1.96 bits per heavy atom. The van der Waals surface area contributed by atoms with Crippen molar-refractivity contribution in [3.63, 3.8) is 0 Å². The highest BCUT2D eigenvalue weighted by atomic mass is 16.6. The van der Waals surface area contributed by atoms with Crippen LogP contribution in [0.25, 0.3) is 0 Å². The first-order chi connectivity index (χ1) is 13.0. The lowest BCUT2D eigenvalue weighted by Crippen LogP contribution is -2.37. The number of benzene rings is 2. The number of nitrogens with zero attached hydrogens (tertiary/aromatic N) is 2. The molecule has 142 valence electrons. The van der Waals surface area contributed by atoms with E-state index in [1.54, 1.807) is 19.2 Å². The zero-order valence-corrected chi connectivity index (χ0v) is 15.3. The number of anilines is 1. The summed E-state index contributed by atoms with van der Waals surface area (Å²) in [7, 11) is 1.66. The minimum Gasteiger partial charge on any atom is -0.497 e. The lowest BCUT2D eigenvalue weighted by Gasteiger charge is -2.31. The van der Waals surface area contributed by atoms with E-state index in [-0.39, 0.29) is 17.5 Å². The van der Waals surface area contributed by atoms with Gasteiger partial charge in [0.05, 0.1) is 12.0 Å². The van der Waals surface area contributed by atoms with Crippen LogP contribution < -0.4 is 10.1 Å². The van der Waals surface area contributed by atoms with E-state index in [2.05, 4.69) is 16.3 Å². The van der Waals surface area contributed by atoms with Crippen molar-refractivity contribution >= 4 is 17.3 Å². The molecule has 3 rings (SSSR count). The smallest absolute Gasteiger partial charge is 0.271 e. The first kappa shape index (κ1) is 18.8. The van der Waals surface area contributed by atoms with Crippen molar-refractivity contribution in [2.75, 3.05) is 25.5 Å². The van der Waals surface area contributed by atoms with E-state index in [1.807, 2.05) is 18.2 Å². The Kier molecular flexibility index (Phi) is 6.03. The van der Waals surface area contributed by atoms with Gasteiger partial charge < -0.3 is 10.1 Å². The van der Waals surface area contributed by atoms with Gasteiger partial charge in [-0.25, -0.2) is 0 Å². The highest BCUT2D eigenvalue weighted by molar-refractivity contribution is 5.92. The molecule has 1 heterocycles. The number of carbonyl (C=O) groups is 1. The predicted octanol–water partition coefficient (Wildman–Crippen LogP) is 3.45. The fraction of sp³-hybridized carbons (Fsp3) is 0.350. The largest absolute Gasteiger partial charge is 0.497 e. The van der Waals surface area contributed by atoms with E-state index in [0.29, 0.717) is 5.69 Å². The Morgan fingerprint density at radius 3 is 2.67 bits per heavy atom. The monoisotopic (exact) mass is 369 g/mol. The van der Waals surface area contributed by atoms with E-state index >= 15 is 0 Å². The van der Waals surface area contributed by atoms with Gasteiger partial charge in [-0.05, 0) is 49.7 Å². The molecule has 1 aliphatic rings. The molecule has 1 fully saturated rings. The third kappa shape index (κ3) is 5.04. The second kappa shape index (κ2) is 8.64. The molecule has 1 N–H and O–H groups in total. The summed E-state index contributed by atoms with van der Waals surface area (Å²) < 4.78 is 5.26. The maximum Gasteiger partial charge on any atom is 0.271 e. The van der Waals surface area contributed by atoms with Crippen molar-refractivity contribution in [3.8, 4) is 5.75 Å². The number of ether oxygens (including phenoxy) is 1. The number of methoxy groups -OCH3 is 1. The first-order valence-corrected chi connectivity index (χ1v) is 8.96. The molecule has 0 unspecified atom stereocenters. The van der Waals surface area contributed by atoms with Gasteiger partial charge in [0.2, 0.25) is 5.91 Å². The molecular weight excluding hydrogens is 346 g/mol. The van der Waals surface area contributed by atoms with Gasteiger partial charge in [-0.3, -0.25) is 19.8 Å². The molecule has 0 atom stereocenters. The SMILES string of the molecule is COc1cccc(CN2CCC(C(=O)Nc3cccc([N+](=O)[O-])c3)CC2)c1. The average molecular weight is 369 g/mol. The van der Waals surface area contributed by atoms with E-state index < -0.39 is 4.92 Å². The van der Waals surface area contributed by atoms with Crippen LogP contribution in [-0.2, 0) is 11.3 Å². The number of nitro groups is 1. The molecule has 1 amide bonds. The van der Waals surface area contributed by atoms with Crippen LogP contribution in [0.3, 0.4) is 0 Å². The zero-order valence-electron chi connectivity index (χ0n) is 15.3. The van der Waals surface area contributed by atoms with Crippen LogP contribution in [-0.4, -0.2) is 35.9 Å². The molecule has 7 nitrogen and oxygen atoms in total. The molecule has 2 aromatic carbocycles. The van der Waals surface area contributed by atoms with Crippen LogP contribution in [0.1, 0.15) is 18.4 Å². The molecule has 0 aromatic heterocycles. The Labute approximate surface area is 158 Å². The van der Waals surface area contributed by atoms with Crippen LogP contribution in [0.15, 0.2) is 48.5 Å². The van der Waals surface area contributed by atoms with Crippen molar-refractivity contribution in [1.29, 1.82) is 0 Å². The molecule has 7 heteroatoms. The molecule has 0 aliphatic carbocycles. The van der Waals surface area contributed by atoms with Gasteiger partial charge in [-0.1, -0.05) is 18.2 Å². The normalized spacial score (nSPS) is 15.3.